The van der Waals surface area contributed by atoms with Crippen molar-refractivity contribution in [1.29, 1.82) is 0 Å². The highest BCUT2D eigenvalue weighted by molar-refractivity contribution is 4.82. The van der Waals surface area contributed by atoms with Crippen LogP contribution in [0, 0.1) is 12.3 Å². The first-order chi connectivity index (χ1) is 4.31. The Hall–Kier alpha value is -0.560. The van der Waals surface area contributed by atoms with E-state index in [-0.39, 0.29) is 19.8 Å². The standard InChI is InChI=1S/C6H11NO2/c1-2-3-9-5-6(8)4-7/h1,6,8H,3-5,7H2. The van der Waals surface area contributed by atoms with Crippen molar-refractivity contribution in [3.8, 4) is 12.3 Å². The van der Waals surface area contributed by atoms with Gasteiger partial charge in [-0.2, -0.15) is 0 Å². The SMILES string of the molecule is C#CCOCC(O)CN. The van der Waals surface area contributed by atoms with Crippen molar-refractivity contribution >= 4 is 0 Å². The molecule has 9 heavy (non-hydrogen) atoms. The molecule has 0 aliphatic rings. The van der Waals surface area contributed by atoms with Gasteiger partial charge in [0.15, 0.2) is 0 Å². The van der Waals surface area contributed by atoms with Crippen molar-refractivity contribution in [3.63, 3.8) is 0 Å². The molecular formula is C6H11NO2. The van der Waals surface area contributed by atoms with Crippen molar-refractivity contribution in [2.75, 3.05) is 19.8 Å². The van der Waals surface area contributed by atoms with Crippen molar-refractivity contribution in [2.24, 2.45) is 5.73 Å². The van der Waals surface area contributed by atoms with Gasteiger partial charge in [0.25, 0.3) is 0 Å². The lowest BCUT2D eigenvalue weighted by Crippen LogP contribution is -2.25. The molecule has 3 N–H and O–H groups in total. The van der Waals surface area contributed by atoms with Crippen LogP contribution in [0.25, 0.3) is 0 Å². The maximum absolute atomic E-state index is 8.77. The Kier molecular flexibility index (Phi) is 5.23. The highest BCUT2D eigenvalue weighted by Crippen LogP contribution is 1.79. The molecule has 3 heteroatoms. The van der Waals surface area contributed by atoms with E-state index in [4.69, 9.17) is 22.0 Å². The number of rotatable bonds is 4. The molecule has 0 saturated carbocycles. The summed E-state index contributed by atoms with van der Waals surface area (Å²) in [5, 5.41) is 8.77. The zero-order valence-electron chi connectivity index (χ0n) is 5.21. The van der Waals surface area contributed by atoms with Crippen molar-refractivity contribution in [3.05, 3.63) is 0 Å². The molecule has 0 rings (SSSR count). The van der Waals surface area contributed by atoms with Crippen LogP contribution in [0.2, 0.25) is 0 Å². The van der Waals surface area contributed by atoms with Gasteiger partial charge in [-0.05, 0) is 0 Å². The molecular weight excluding hydrogens is 118 g/mol. The zero-order valence-corrected chi connectivity index (χ0v) is 5.21. The predicted octanol–water partition coefficient (Wildman–Crippen LogP) is -1.04. The van der Waals surface area contributed by atoms with Crippen molar-refractivity contribution in [2.45, 2.75) is 6.10 Å². The quantitative estimate of drug-likeness (QED) is 0.376. The molecule has 1 unspecified atom stereocenters. The fraction of sp³-hybridized carbons (Fsp3) is 0.667. The molecule has 3 nitrogen and oxygen atoms in total. The maximum Gasteiger partial charge on any atom is 0.107 e. The molecule has 52 valence electrons. The summed E-state index contributed by atoms with van der Waals surface area (Å²) >= 11 is 0. The van der Waals surface area contributed by atoms with E-state index in [1.54, 1.807) is 0 Å². The first-order valence-corrected chi connectivity index (χ1v) is 2.70. The minimum absolute atomic E-state index is 0.213. The lowest BCUT2D eigenvalue weighted by molar-refractivity contribution is 0.0565. The molecule has 0 saturated heterocycles. The summed E-state index contributed by atoms with van der Waals surface area (Å²) in [6.45, 7) is 0.669. The average molecular weight is 129 g/mol. The number of aliphatic hydroxyl groups is 1. The number of ether oxygens (including phenoxy) is 1. The Labute approximate surface area is 54.8 Å². The van der Waals surface area contributed by atoms with Crippen LogP contribution in [0.15, 0.2) is 0 Å². The monoisotopic (exact) mass is 129 g/mol. The Morgan fingerprint density at radius 2 is 2.44 bits per heavy atom. The Morgan fingerprint density at radius 1 is 1.78 bits per heavy atom. The molecule has 0 bridgehead atoms. The van der Waals surface area contributed by atoms with Crippen LogP contribution < -0.4 is 5.73 Å². The van der Waals surface area contributed by atoms with E-state index >= 15 is 0 Å². The third-order valence-corrected chi connectivity index (χ3v) is 0.768. The van der Waals surface area contributed by atoms with Gasteiger partial charge in [0.1, 0.15) is 6.61 Å². The summed E-state index contributed by atoms with van der Waals surface area (Å²) in [5.41, 5.74) is 5.07. The number of nitrogens with two attached hydrogens (primary N) is 1. The van der Waals surface area contributed by atoms with Gasteiger partial charge >= 0.3 is 0 Å². The first-order valence-electron chi connectivity index (χ1n) is 2.70. The summed E-state index contributed by atoms with van der Waals surface area (Å²) < 4.78 is 4.77. The molecule has 0 aromatic heterocycles. The van der Waals surface area contributed by atoms with E-state index in [2.05, 4.69) is 5.92 Å². The molecule has 1 atom stereocenters. The second-order valence-corrected chi connectivity index (χ2v) is 1.61. The van der Waals surface area contributed by atoms with Crippen LogP contribution in [0.5, 0.6) is 0 Å². The number of aliphatic hydroxyl groups excluding tert-OH is 1. The zero-order chi connectivity index (χ0) is 7.11. The summed E-state index contributed by atoms with van der Waals surface area (Å²) in [7, 11) is 0. The third kappa shape index (κ3) is 5.31. The second-order valence-electron chi connectivity index (χ2n) is 1.61. The lowest BCUT2D eigenvalue weighted by atomic mass is 10.4. The van der Waals surface area contributed by atoms with Crippen molar-refractivity contribution < 1.29 is 9.84 Å². The van der Waals surface area contributed by atoms with Gasteiger partial charge in [0.2, 0.25) is 0 Å². The van der Waals surface area contributed by atoms with E-state index in [1.165, 1.54) is 0 Å². The summed E-state index contributed by atoms with van der Waals surface area (Å²) in [6.07, 6.45) is 4.28. The van der Waals surface area contributed by atoms with E-state index in [0.29, 0.717) is 0 Å². The fourth-order valence-corrected chi connectivity index (χ4v) is 0.322. The van der Waals surface area contributed by atoms with Crippen LogP contribution >= 0.6 is 0 Å². The average Bonchev–Trinajstić information content (AvgIpc) is 1.89. The van der Waals surface area contributed by atoms with E-state index < -0.39 is 6.10 Å². The minimum atomic E-state index is -0.585. The summed E-state index contributed by atoms with van der Waals surface area (Å²) in [6, 6.07) is 0. The molecule has 0 aliphatic heterocycles. The van der Waals surface area contributed by atoms with Gasteiger partial charge in [-0.1, -0.05) is 5.92 Å². The molecule has 0 aromatic carbocycles. The normalized spacial score (nSPS) is 12.6. The Morgan fingerprint density at radius 3 is 2.89 bits per heavy atom. The lowest BCUT2D eigenvalue weighted by Gasteiger charge is -2.04. The number of hydrogen-bond donors (Lipinski definition) is 2. The van der Waals surface area contributed by atoms with Crippen molar-refractivity contribution in [1.82, 2.24) is 0 Å². The second kappa shape index (κ2) is 5.57. The van der Waals surface area contributed by atoms with Gasteiger partial charge in [-0.25, -0.2) is 0 Å². The molecule has 0 heterocycles. The number of hydrogen-bond acceptors (Lipinski definition) is 3. The van der Waals surface area contributed by atoms with Gasteiger partial charge in [-0.3, -0.25) is 0 Å². The van der Waals surface area contributed by atoms with E-state index in [1.807, 2.05) is 0 Å². The Bertz CT molecular complexity index is 97.7. The third-order valence-electron chi connectivity index (χ3n) is 0.768. The van der Waals surface area contributed by atoms with Crippen LogP contribution in [-0.2, 0) is 4.74 Å². The fourth-order valence-electron chi connectivity index (χ4n) is 0.322. The molecule has 0 radical (unpaired) electrons. The molecule has 0 fully saturated rings. The molecule has 0 aromatic rings. The van der Waals surface area contributed by atoms with Crippen LogP contribution in [0.3, 0.4) is 0 Å². The van der Waals surface area contributed by atoms with Crippen LogP contribution in [0.4, 0.5) is 0 Å². The maximum atomic E-state index is 8.77. The number of terminal acetylenes is 1. The van der Waals surface area contributed by atoms with Gasteiger partial charge in [-0.15, -0.1) is 6.42 Å². The van der Waals surface area contributed by atoms with Crippen LogP contribution in [0.1, 0.15) is 0 Å². The molecule has 0 amide bonds. The first kappa shape index (κ1) is 8.44. The topological polar surface area (TPSA) is 55.5 Å². The predicted molar refractivity (Wildman–Crippen MR) is 34.7 cm³/mol. The highest BCUT2D eigenvalue weighted by Gasteiger charge is 1.97. The molecule has 0 aliphatic carbocycles. The largest absolute Gasteiger partial charge is 0.389 e. The van der Waals surface area contributed by atoms with Gasteiger partial charge in [0, 0.05) is 6.54 Å². The van der Waals surface area contributed by atoms with Gasteiger partial charge in [0.05, 0.1) is 12.7 Å². The van der Waals surface area contributed by atoms with E-state index in [0.717, 1.165) is 0 Å². The van der Waals surface area contributed by atoms with Gasteiger partial charge < -0.3 is 15.6 Å². The van der Waals surface area contributed by atoms with Crippen LogP contribution in [-0.4, -0.2) is 31.0 Å². The summed E-state index contributed by atoms with van der Waals surface area (Å²) in [4.78, 5) is 0. The summed E-state index contributed by atoms with van der Waals surface area (Å²) in [5.74, 6) is 2.27. The smallest absolute Gasteiger partial charge is 0.107 e. The van der Waals surface area contributed by atoms with E-state index in [9.17, 15) is 0 Å². The molecule has 0 spiro atoms. The highest BCUT2D eigenvalue weighted by atomic mass is 16.5. The minimum Gasteiger partial charge on any atom is -0.389 e. The Balaban J connectivity index is 2.99.